The number of anilines is 1. The van der Waals surface area contributed by atoms with Crippen LogP contribution in [0, 0.1) is 5.82 Å². The Balaban J connectivity index is 2.57. The second-order valence-electron chi connectivity index (χ2n) is 4.76. The second kappa shape index (κ2) is 6.31. The normalized spacial score (nSPS) is 11.4. The van der Waals surface area contributed by atoms with Crippen molar-refractivity contribution in [3.63, 3.8) is 0 Å². The Morgan fingerprint density at radius 3 is 2.52 bits per heavy atom. The molecule has 0 unspecified atom stereocenters. The van der Waals surface area contributed by atoms with E-state index in [2.05, 4.69) is 9.97 Å². The number of hydrogen-bond acceptors (Lipinski definition) is 3. The van der Waals surface area contributed by atoms with E-state index in [4.69, 9.17) is 0 Å². The van der Waals surface area contributed by atoms with Crippen molar-refractivity contribution >= 4 is 11.6 Å². The highest BCUT2D eigenvalue weighted by Gasteiger charge is 2.37. The molecule has 0 saturated heterocycles. The van der Waals surface area contributed by atoms with Crippen molar-refractivity contribution in [3.05, 3.63) is 42.1 Å². The third-order valence-electron chi connectivity index (χ3n) is 3.18. The molecule has 8 heteroatoms. The van der Waals surface area contributed by atoms with E-state index < -0.39 is 23.6 Å². The van der Waals surface area contributed by atoms with Gasteiger partial charge >= 0.3 is 6.18 Å². The van der Waals surface area contributed by atoms with Gasteiger partial charge in [-0.05, 0) is 18.2 Å². The van der Waals surface area contributed by atoms with Gasteiger partial charge < -0.3 is 4.90 Å². The molecule has 2 heterocycles. The van der Waals surface area contributed by atoms with Gasteiger partial charge in [0.05, 0.1) is 17.6 Å². The standard InChI is InChI=1S/C15H13F4N3O/c1-3-13(23)22(2)12-5-4-11(21-14(12)15(17,18)19)9-6-10(16)8-20-7-9/h4-8H,3H2,1-2H3. The predicted octanol–water partition coefficient (Wildman–Crippen LogP) is 3.67. The molecular formula is C15H13F4N3O. The first-order valence-electron chi connectivity index (χ1n) is 6.69. The molecule has 2 rings (SSSR count). The van der Waals surface area contributed by atoms with Crippen LogP contribution in [0.5, 0.6) is 0 Å². The Kier molecular flexibility index (Phi) is 4.63. The van der Waals surface area contributed by atoms with Gasteiger partial charge in [0.25, 0.3) is 0 Å². The van der Waals surface area contributed by atoms with Gasteiger partial charge in [-0.3, -0.25) is 9.78 Å². The molecule has 23 heavy (non-hydrogen) atoms. The van der Waals surface area contributed by atoms with Crippen LogP contribution in [0.3, 0.4) is 0 Å². The number of aromatic nitrogens is 2. The quantitative estimate of drug-likeness (QED) is 0.808. The topological polar surface area (TPSA) is 46.1 Å². The summed E-state index contributed by atoms with van der Waals surface area (Å²) >= 11 is 0. The Labute approximate surface area is 129 Å². The van der Waals surface area contributed by atoms with Crippen LogP contribution < -0.4 is 4.90 Å². The number of amides is 1. The lowest BCUT2D eigenvalue weighted by Crippen LogP contribution is -2.28. The molecular weight excluding hydrogens is 314 g/mol. The van der Waals surface area contributed by atoms with Gasteiger partial charge in [-0.1, -0.05) is 6.92 Å². The maximum absolute atomic E-state index is 13.3. The fourth-order valence-electron chi connectivity index (χ4n) is 2.02. The lowest BCUT2D eigenvalue weighted by molar-refractivity contribution is -0.140. The lowest BCUT2D eigenvalue weighted by atomic mass is 10.1. The summed E-state index contributed by atoms with van der Waals surface area (Å²) in [5, 5.41) is 0. The molecule has 2 aromatic rings. The minimum absolute atomic E-state index is 0.0589. The van der Waals surface area contributed by atoms with E-state index in [1.165, 1.54) is 19.3 Å². The monoisotopic (exact) mass is 327 g/mol. The highest BCUT2D eigenvalue weighted by atomic mass is 19.4. The maximum Gasteiger partial charge on any atom is 0.435 e. The highest BCUT2D eigenvalue weighted by molar-refractivity contribution is 5.93. The summed E-state index contributed by atoms with van der Waals surface area (Å²) in [6.45, 7) is 1.55. The molecule has 2 aromatic heterocycles. The van der Waals surface area contributed by atoms with E-state index in [0.717, 1.165) is 23.2 Å². The van der Waals surface area contributed by atoms with Gasteiger partial charge in [-0.15, -0.1) is 0 Å². The molecule has 0 N–H and O–H groups in total. The van der Waals surface area contributed by atoms with E-state index in [-0.39, 0.29) is 23.4 Å². The first-order valence-corrected chi connectivity index (χ1v) is 6.69. The lowest BCUT2D eigenvalue weighted by Gasteiger charge is -2.21. The summed E-state index contributed by atoms with van der Waals surface area (Å²) in [7, 11) is 1.25. The van der Waals surface area contributed by atoms with Crippen LogP contribution in [0.1, 0.15) is 19.0 Å². The highest BCUT2D eigenvalue weighted by Crippen LogP contribution is 2.36. The number of halogens is 4. The molecule has 0 saturated carbocycles. The Hall–Kier alpha value is -2.51. The molecule has 0 fully saturated rings. The molecule has 0 bridgehead atoms. The minimum atomic E-state index is -4.76. The molecule has 0 aliphatic rings. The van der Waals surface area contributed by atoms with Crippen LogP contribution >= 0.6 is 0 Å². The number of alkyl halides is 3. The van der Waals surface area contributed by atoms with Gasteiger partial charge in [0.15, 0.2) is 5.69 Å². The number of carbonyl (C=O) groups is 1. The van der Waals surface area contributed by atoms with E-state index in [0.29, 0.717) is 0 Å². The van der Waals surface area contributed by atoms with Crippen LogP contribution in [0.2, 0.25) is 0 Å². The average molecular weight is 327 g/mol. The number of pyridine rings is 2. The molecule has 122 valence electrons. The summed E-state index contributed by atoms with van der Waals surface area (Å²) in [5.74, 6) is -1.15. The Morgan fingerprint density at radius 1 is 1.26 bits per heavy atom. The minimum Gasteiger partial charge on any atom is -0.313 e. The predicted molar refractivity (Wildman–Crippen MR) is 76.1 cm³/mol. The van der Waals surface area contributed by atoms with Gasteiger partial charge in [0, 0.05) is 25.2 Å². The summed E-state index contributed by atoms with van der Waals surface area (Å²) in [6, 6.07) is 3.47. The molecule has 0 aliphatic heterocycles. The van der Waals surface area contributed by atoms with E-state index >= 15 is 0 Å². The third-order valence-corrected chi connectivity index (χ3v) is 3.18. The smallest absolute Gasteiger partial charge is 0.313 e. The van der Waals surface area contributed by atoms with Crippen molar-refractivity contribution in [1.29, 1.82) is 0 Å². The summed E-state index contributed by atoms with van der Waals surface area (Å²) < 4.78 is 53.0. The molecule has 0 spiro atoms. The van der Waals surface area contributed by atoms with E-state index in [1.807, 2.05) is 0 Å². The van der Waals surface area contributed by atoms with E-state index in [9.17, 15) is 22.4 Å². The van der Waals surface area contributed by atoms with Crippen molar-refractivity contribution in [2.45, 2.75) is 19.5 Å². The van der Waals surface area contributed by atoms with Gasteiger partial charge in [-0.2, -0.15) is 13.2 Å². The van der Waals surface area contributed by atoms with Crippen LogP contribution in [-0.4, -0.2) is 22.9 Å². The molecule has 1 amide bonds. The number of nitrogens with zero attached hydrogens (tertiary/aromatic N) is 3. The summed E-state index contributed by atoms with van der Waals surface area (Å²) in [6.07, 6.45) is -2.54. The fraction of sp³-hybridized carbons (Fsp3) is 0.267. The van der Waals surface area contributed by atoms with Crippen molar-refractivity contribution in [3.8, 4) is 11.3 Å². The molecule has 0 aromatic carbocycles. The Morgan fingerprint density at radius 2 is 1.96 bits per heavy atom. The number of hydrogen-bond donors (Lipinski definition) is 0. The fourth-order valence-corrected chi connectivity index (χ4v) is 2.02. The number of carbonyl (C=O) groups excluding carboxylic acids is 1. The third kappa shape index (κ3) is 3.64. The van der Waals surface area contributed by atoms with Crippen molar-refractivity contribution in [2.75, 3.05) is 11.9 Å². The zero-order valence-corrected chi connectivity index (χ0v) is 12.4. The SMILES string of the molecule is CCC(=O)N(C)c1ccc(-c2cncc(F)c2)nc1C(F)(F)F. The summed E-state index contributed by atoms with van der Waals surface area (Å²) in [4.78, 5) is 19.7. The number of rotatable bonds is 3. The molecule has 0 radical (unpaired) electrons. The van der Waals surface area contributed by atoms with Crippen molar-refractivity contribution in [2.24, 2.45) is 0 Å². The van der Waals surface area contributed by atoms with Gasteiger partial charge in [-0.25, -0.2) is 9.37 Å². The zero-order valence-electron chi connectivity index (χ0n) is 12.4. The maximum atomic E-state index is 13.3. The molecule has 0 atom stereocenters. The van der Waals surface area contributed by atoms with Gasteiger partial charge in [0.2, 0.25) is 5.91 Å². The molecule has 0 aliphatic carbocycles. The van der Waals surface area contributed by atoms with Crippen LogP contribution in [0.15, 0.2) is 30.6 Å². The van der Waals surface area contributed by atoms with Crippen LogP contribution in [0.25, 0.3) is 11.3 Å². The summed E-state index contributed by atoms with van der Waals surface area (Å²) in [5.41, 5.74) is -1.52. The Bertz CT molecular complexity index is 731. The first-order chi connectivity index (χ1) is 10.7. The van der Waals surface area contributed by atoms with Crippen LogP contribution in [0.4, 0.5) is 23.2 Å². The van der Waals surface area contributed by atoms with Crippen LogP contribution in [-0.2, 0) is 11.0 Å². The average Bonchev–Trinajstić information content (AvgIpc) is 2.52. The first kappa shape index (κ1) is 16.9. The van der Waals surface area contributed by atoms with Gasteiger partial charge in [0.1, 0.15) is 5.82 Å². The zero-order chi connectivity index (χ0) is 17.2. The largest absolute Gasteiger partial charge is 0.435 e. The van der Waals surface area contributed by atoms with Crippen molar-refractivity contribution in [1.82, 2.24) is 9.97 Å². The molecule has 4 nitrogen and oxygen atoms in total. The second-order valence-corrected chi connectivity index (χ2v) is 4.76. The van der Waals surface area contributed by atoms with Crippen molar-refractivity contribution < 1.29 is 22.4 Å². The van der Waals surface area contributed by atoms with E-state index in [1.54, 1.807) is 6.92 Å².